The number of amides is 1. The van der Waals surface area contributed by atoms with Crippen molar-refractivity contribution in [3.05, 3.63) is 23.3 Å². The van der Waals surface area contributed by atoms with Crippen molar-refractivity contribution >= 4 is 11.6 Å². The lowest BCUT2D eigenvalue weighted by Crippen LogP contribution is -2.39. The summed E-state index contributed by atoms with van der Waals surface area (Å²) in [5.74, 6) is 0.156. The van der Waals surface area contributed by atoms with Crippen LogP contribution in [0, 0.1) is 19.3 Å². The molecule has 0 radical (unpaired) electrons. The highest BCUT2D eigenvalue weighted by Gasteiger charge is 2.29. The van der Waals surface area contributed by atoms with E-state index in [0.717, 1.165) is 16.8 Å². The molecular weight excluding hydrogens is 228 g/mol. The van der Waals surface area contributed by atoms with Gasteiger partial charge in [-0.15, -0.1) is 0 Å². The molecule has 0 saturated heterocycles. The number of carbonyl (C=O) groups excluding carboxylic acids is 1. The Bertz CT molecular complexity index is 451. The smallest absolute Gasteiger partial charge is 0.231 e. The Balaban J connectivity index is 2.98. The minimum absolute atomic E-state index is 0.0827. The van der Waals surface area contributed by atoms with Crippen LogP contribution < -0.4 is 11.1 Å². The summed E-state index contributed by atoms with van der Waals surface area (Å²) in [6.45, 7) is 7.75. The lowest BCUT2D eigenvalue weighted by atomic mass is 9.86. The van der Waals surface area contributed by atoms with E-state index in [1.807, 2.05) is 20.8 Å². The average molecular weight is 250 g/mol. The fourth-order valence-electron chi connectivity index (χ4n) is 1.61. The van der Waals surface area contributed by atoms with Gasteiger partial charge in [0.2, 0.25) is 5.91 Å². The number of aromatic hydroxyl groups is 1. The van der Waals surface area contributed by atoms with Gasteiger partial charge in [0.1, 0.15) is 5.75 Å². The topological polar surface area (TPSA) is 75.4 Å². The predicted molar refractivity (Wildman–Crippen MR) is 73.7 cm³/mol. The number of rotatable bonds is 4. The second-order valence-electron chi connectivity index (χ2n) is 5.03. The molecular formula is C14H22N2O2. The van der Waals surface area contributed by atoms with Crippen molar-refractivity contribution in [3.63, 3.8) is 0 Å². The van der Waals surface area contributed by atoms with E-state index in [9.17, 15) is 9.90 Å². The van der Waals surface area contributed by atoms with E-state index in [0.29, 0.717) is 13.0 Å². The number of aryl methyl sites for hydroxylation is 2. The molecule has 0 aromatic heterocycles. The summed E-state index contributed by atoms with van der Waals surface area (Å²) >= 11 is 0. The first-order chi connectivity index (χ1) is 8.34. The summed E-state index contributed by atoms with van der Waals surface area (Å²) in [4.78, 5) is 12.2. The van der Waals surface area contributed by atoms with Crippen molar-refractivity contribution in [3.8, 4) is 5.75 Å². The van der Waals surface area contributed by atoms with E-state index >= 15 is 0 Å². The molecule has 0 bridgehead atoms. The van der Waals surface area contributed by atoms with E-state index in [2.05, 4.69) is 5.32 Å². The number of phenolic OH excluding ortho intramolecular Hbond substituents is 1. The monoisotopic (exact) mass is 250 g/mol. The van der Waals surface area contributed by atoms with Crippen molar-refractivity contribution < 1.29 is 9.90 Å². The maximum atomic E-state index is 12.2. The van der Waals surface area contributed by atoms with Gasteiger partial charge in [0, 0.05) is 12.2 Å². The highest BCUT2D eigenvalue weighted by molar-refractivity contribution is 5.96. The molecule has 1 unspecified atom stereocenters. The van der Waals surface area contributed by atoms with Gasteiger partial charge in [-0.1, -0.05) is 6.92 Å². The third-order valence-corrected chi connectivity index (χ3v) is 3.57. The number of benzene rings is 1. The minimum Gasteiger partial charge on any atom is -0.508 e. The highest BCUT2D eigenvalue weighted by atomic mass is 16.3. The van der Waals surface area contributed by atoms with Gasteiger partial charge in [-0.3, -0.25) is 4.79 Å². The number of hydrogen-bond donors (Lipinski definition) is 3. The summed E-state index contributed by atoms with van der Waals surface area (Å²) in [5.41, 5.74) is 7.40. The van der Waals surface area contributed by atoms with E-state index in [1.54, 1.807) is 19.1 Å². The molecule has 0 saturated carbocycles. The molecule has 1 rings (SSSR count). The normalized spacial score (nSPS) is 14.1. The second-order valence-corrected chi connectivity index (χ2v) is 5.03. The maximum Gasteiger partial charge on any atom is 0.231 e. The molecule has 1 atom stereocenters. The van der Waals surface area contributed by atoms with Gasteiger partial charge in [0.15, 0.2) is 0 Å². The van der Waals surface area contributed by atoms with Gasteiger partial charge in [0.05, 0.1) is 5.41 Å². The lowest BCUT2D eigenvalue weighted by molar-refractivity contribution is -0.124. The van der Waals surface area contributed by atoms with Crippen LogP contribution in [-0.2, 0) is 4.79 Å². The standard InChI is InChI=1S/C14H22N2O2/c1-5-14(4,8-15)13(18)16-11-6-10(3)12(17)7-9(11)2/h6-7,17H,5,8,15H2,1-4H3,(H,16,18). The summed E-state index contributed by atoms with van der Waals surface area (Å²) in [6.07, 6.45) is 0.686. The SMILES string of the molecule is CCC(C)(CN)C(=O)Nc1cc(C)c(O)cc1C. The Hall–Kier alpha value is -1.55. The van der Waals surface area contributed by atoms with Gasteiger partial charge >= 0.3 is 0 Å². The van der Waals surface area contributed by atoms with E-state index in [-0.39, 0.29) is 11.7 Å². The number of nitrogens with two attached hydrogens (primary N) is 1. The van der Waals surface area contributed by atoms with Gasteiger partial charge in [-0.05, 0) is 50.5 Å². The Kier molecular flexibility index (Phi) is 4.35. The Morgan fingerprint density at radius 2 is 2.00 bits per heavy atom. The zero-order valence-corrected chi connectivity index (χ0v) is 11.5. The van der Waals surface area contributed by atoms with Crippen LogP contribution in [0.5, 0.6) is 5.75 Å². The minimum atomic E-state index is -0.557. The zero-order valence-electron chi connectivity index (χ0n) is 11.5. The van der Waals surface area contributed by atoms with Crippen LogP contribution in [0.15, 0.2) is 12.1 Å². The molecule has 1 aromatic rings. The van der Waals surface area contributed by atoms with Crippen LogP contribution >= 0.6 is 0 Å². The van der Waals surface area contributed by atoms with Crippen molar-refractivity contribution in [2.45, 2.75) is 34.1 Å². The van der Waals surface area contributed by atoms with Crippen molar-refractivity contribution in [2.24, 2.45) is 11.1 Å². The number of anilines is 1. The molecule has 1 aromatic carbocycles. The number of nitrogens with one attached hydrogen (secondary N) is 1. The van der Waals surface area contributed by atoms with Gasteiger partial charge in [-0.25, -0.2) is 0 Å². The lowest BCUT2D eigenvalue weighted by Gasteiger charge is -2.25. The molecule has 0 aliphatic heterocycles. The number of phenols is 1. The fourth-order valence-corrected chi connectivity index (χ4v) is 1.61. The molecule has 0 heterocycles. The Labute approximate surface area is 108 Å². The van der Waals surface area contributed by atoms with E-state index in [1.165, 1.54) is 0 Å². The van der Waals surface area contributed by atoms with Crippen LogP contribution in [-0.4, -0.2) is 17.6 Å². The quantitative estimate of drug-likeness (QED) is 0.718. The molecule has 0 aliphatic rings. The largest absolute Gasteiger partial charge is 0.508 e. The van der Waals surface area contributed by atoms with Crippen molar-refractivity contribution in [1.29, 1.82) is 0 Å². The number of carbonyl (C=O) groups is 1. The molecule has 4 N–H and O–H groups in total. The van der Waals surface area contributed by atoms with Gasteiger partial charge in [-0.2, -0.15) is 0 Å². The molecule has 0 spiro atoms. The average Bonchev–Trinajstić information content (AvgIpc) is 2.34. The van der Waals surface area contributed by atoms with Crippen LogP contribution in [0.25, 0.3) is 0 Å². The Morgan fingerprint density at radius 1 is 1.39 bits per heavy atom. The van der Waals surface area contributed by atoms with Crippen molar-refractivity contribution in [1.82, 2.24) is 0 Å². The molecule has 1 amide bonds. The first-order valence-corrected chi connectivity index (χ1v) is 6.15. The van der Waals surface area contributed by atoms with Crippen LogP contribution in [0.2, 0.25) is 0 Å². The fraction of sp³-hybridized carbons (Fsp3) is 0.500. The third-order valence-electron chi connectivity index (χ3n) is 3.57. The molecule has 0 fully saturated rings. The predicted octanol–water partition coefficient (Wildman–Crippen LogP) is 2.32. The van der Waals surface area contributed by atoms with Crippen LogP contribution in [0.3, 0.4) is 0 Å². The highest BCUT2D eigenvalue weighted by Crippen LogP contribution is 2.27. The molecule has 0 aliphatic carbocycles. The molecule has 18 heavy (non-hydrogen) atoms. The summed E-state index contributed by atoms with van der Waals surface area (Å²) in [6, 6.07) is 3.42. The molecule has 4 heteroatoms. The Morgan fingerprint density at radius 3 is 2.50 bits per heavy atom. The van der Waals surface area contributed by atoms with Crippen LogP contribution in [0.4, 0.5) is 5.69 Å². The zero-order chi connectivity index (χ0) is 13.9. The van der Waals surface area contributed by atoms with Crippen molar-refractivity contribution in [2.75, 3.05) is 11.9 Å². The summed E-state index contributed by atoms with van der Waals surface area (Å²) in [7, 11) is 0. The second kappa shape index (κ2) is 5.40. The van der Waals surface area contributed by atoms with Gasteiger partial charge in [0.25, 0.3) is 0 Å². The number of hydrogen-bond acceptors (Lipinski definition) is 3. The third kappa shape index (κ3) is 2.82. The van der Waals surface area contributed by atoms with Gasteiger partial charge < -0.3 is 16.2 Å². The van der Waals surface area contributed by atoms with E-state index < -0.39 is 5.41 Å². The molecule has 4 nitrogen and oxygen atoms in total. The first kappa shape index (κ1) is 14.5. The molecule has 100 valence electrons. The maximum absolute atomic E-state index is 12.2. The summed E-state index contributed by atoms with van der Waals surface area (Å²) < 4.78 is 0. The van der Waals surface area contributed by atoms with Crippen LogP contribution in [0.1, 0.15) is 31.4 Å². The summed E-state index contributed by atoms with van der Waals surface area (Å²) in [5, 5.41) is 12.5. The van der Waals surface area contributed by atoms with E-state index in [4.69, 9.17) is 5.73 Å². The first-order valence-electron chi connectivity index (χ1n) is 6.15.